The molecule has 0 aliphatic heterocycles. The number of anilines is 1. The van der Waals surface area contributed by atoms with Crippen LogP contribution in [0, 0.1) is 6.92 Å². The number of benzene rings is 1. The van der Waals surface area contributed by atoms with E-state index in [1.165, 1.54) is 6.07 Å². The summed E-state index contributed by atoms with van der Waals surface area (Å²) in [6.07, 6.45) is 0.763. The maximum atomic E-state index is 11.3. The number of halogens is 1. The molecule has 2 aromatic rings. The Balaban J connectivity index is 2.25. The number of hydrogen-bond donors (Lipinski definition) is 2. The average molecular weight is 335 g/mol. The Bertz CT molecular complexity index is 694. The van der Waals surface area contributed by atoms with Crippen LogP contribution >= 0.6 is 15.9 Å². The van der Waals surface area contributed by atoms with Crippen LogP contribution < -0.4 is 11.0 Å². The van der Waals surface area contributed by atoms with Crippen molar-refractivity contribution < 1.29 is 0 Å². The van der Waals surface area contributed by atoms with E-state index in [-0.39, 0.29) is 5.56 Å². The summed E-state index contributed by atoms with van der Waals surface area (Å²) in [5.74, 6) is 0.343. The molecule has 0 aliphatic carbocycles. The molecule has 0 aliphatic rings. The summed E-state index contributed by atoms with van der Waals surface area (Å²) in [4.78, 5) is 18.1. The lowest BCUT2D eigenvalue weighted by Gasteiger charge is -2.06. The van der Waals surface area contributed by atoms with E-state index >= 15 is 0 Å². The van der Waals surface area contributed by atoms with Crippen molar-refractivity contribution in [1.82, 2.24) is 9.97 Å². The summed E-state index contributed by atoms with van der Waals surface area (Å²) in [5, 5.41) is 4.32. The van der Waals surface area contributed by atoms with Gasteiger partial charge in [0.2, 0.25) is 5.95 Å². The zero-order valence-corrected chi connectivity index (χ0v) is 12.9. The highest BCUT2D eigenvalue weighted by Gasteiger charge is 2.03. The number of aromatic nitrogens is 2. The van der Waals surface area contributed by atoms with Gasteiger partial charge in [0, 0.05) is 16.2 Å². The first-order valence-electron chi connectivity index (χ1n) is 6.25. The molecular weight excluding hydrogens is 320 g/mol. The van der Waals surface area contributed by atoms with Gasteiger partial charge in [-0.1, -0.05) is 35.0 Å². The quantitative estimate of drug-likeness (QED) is 0.666. The van der Waals surface area contributed by atoms with E-state index in [0.29, 0.717) is 11.6 Å². The molecule has 1 aromatic heterocycles. The lowest BCUT2D eigenvalue weighted by Crippen LogP contribution is -2.12. The number of hydrazone groups is 1. The molecule has 0 amide bonds. The largest absolute Gasteiger partial charge is 0.291 e. The predicted octanol–water partition coefficient (Wildman–Crippen LogP) is 3.07. The van der Waals surface area contributed by atoms with Gasteiger partial charge >= 0.3 is 0 Å². The van der Waals surface area contributed by atoms with E-state index in [1.807, 2.05) is 31.2 Å². The Labute approximate surface area is 125 Å². The number of nitrogens with zero attached hydrogens (tertiary/aromatic N) is 2. The fourth-order valence-corrected chi connectivity index (χ4v) is 2.17. The van der Waals surface area contributed by atoms with Crippen LogP contribution in [0.1, 0.15) is 24.6 Å². The van der Waals surface area contributed by atoms with Crippen LogP contribution in [0.2, 0.25) is 0 Å². The molecular formula is C14H15BrN4O. The molecule has 6 heteroatoms. The van der Waals surface area contributed by atoms with E-state index in [4.69, 9.17) is 0 Å². The molecule has 0 unspecified atom stereocenters. The summed E-state index contributed by atoms with van der Waals surface area (Å²) in [6.45, 7) is 3.78. The molecule has 20 heavy (non-hydrogen) atoms. The summed E-state index contributed by atoms with van der Waals surface area (Å²) >= 11 is 3.44. The van der Waals surface area contributed by atoms with Crippen molar-refractivity contribution in [2.75, 3.05) is 5.43 Å². The Morgan fingerprint density at radius 2 is 2.25 bits per heavy atom. The number of nitrogens with one attached hydrogen (secondary N) is 2. The molecule has 5 nitrogen and oxygen atoms in total. The highest BCUT2D eigenvalue weighted by molar-refractivity contribution is 9.10. The second-order valence-electron chi connectivity index (χ2n) is 4.27. The average Bonchev–Trinajstić information content (AvgIpc) is 2.38. The van der Waals surface area contributed by atoms with Gasteiger partial charge in [-0.2, -0.15) is 5.10 Å². The van der Waals surface area contributed by atoms with Crippen LogP contribution in [0.4, 0.5) is 5.95 Å². The molecule has 0 saturated carbocycles. The predicted molar refractivity (Wildman–Crippen MR) is 84.2 cm³/mol. The Hall–Kier alpha value is -1.95. The first-order chi connectivity index (χ1) is 9.58. The van der Waals surface area contributed by atoms with Crippen molar-refractivity contribution in [2.45, 2.75) is 20.3 Å². The second-order valence-corrected chi connectivity index (χ2v) is 5.19. The van der Waals surface area contributed by atoms with Crippen LogP contribution in [0.15, 0.2) is 44.7 Å². The highest BCUT2D eigenvalue weighted by Crippen LogP contribution is 2.14. The SMILES string of the molecule is CC/C(=N/Nc1nc(C)cc(=O)[nH]1)c1cccc(Br)c1. The van der Waals surface area contributed by atoms with Crippen molar-refractivity contribution in [2.24, 2.45) is 5.10 Å². The van der Waals surface area contributed by atoms with E-state index in [9.17, 15) is 4.79 Å². The van der Waals surface area contributed by atoms with Crippen LogP contribution in [-0.2, 0) is 0 Å². The third-order valence-corrected chi connectivity index (χ3v) is 3.15. The van der Waals surface area contributed by atoms with Crippen LogP contribution in [0.3, 0.4) is 0 Å². The van der Waals surface area contributed by atoms with Gasteiger partial charge in [-0.25, -0.2) is 10.4 Å². The Kier molecular flexibility index (Phi) is 4.68. The molecule has 0 atom stereocenters. The van der Waals surface area contributed by atoms with Gasteiger partial charge in [-0.3, -0.25) is 9.78 Å². The normalized spacial score (nSPS) is 11.4. The zero-order chi connectivity index (χ0) is 14.5. The molecule has 0 bridgehead atoms. The van der Waals surface area contributed by atoms with Crippen molar-refractivity contribution in [3.05, 3.63) is 56.4 Å². The van der Waals surface area contributed by atoms with Crippen LogP contribution in [-0.4, -0.2) is 15.7 Å². The van der Waals surface area contributed by atoms with Gasteiger partial charge < -0.3 is 0 Å². The second kappa shape index (κ2) is 6.47. The zero-order valence-electron chi connectivity index (χ0n) is 11.3. The van der Waals surface area contributed by atoms with Gasteiger partial charge in [-0.15, -0.1) is 0 Å². The van der Waals surface area contributed by atoms with Crippen molar-refractivity contribution in [3.63, 3.8) is 0 Å². The summed E-state index contributed by atoms with van der Waals surface area (Å²) < 4.78 is 0.998. The maximum Gasteiger partial charge on any atom is 0.252 e. The third kappa shape index (κ3) is 3.77. The minimum Gasteiger partial charge on any atom is -0.291 e. The lowest BCUT2D eigenvalue weighted by molar-refractivity contribution is 1.04. The van der Waals surface area contributed by atoms with E-state index in [0.717, 1.165) is 22.2 Å². The lowest BCUT2D eigenvalue weighted by atomic mass is 10.1. The van der Waals surface area contributed by atoms with Gasteiger partial charge in [-0.05, 0) is 31.0 Å². The standard InChI is InChI=1S/C14H15BrN4O/c1-3-12(10-5-4-6-11(15)8-10)18-19-14-16-9(2)7-13(20)17-14/h4-8H,3H2,1-2H3,(H2,16,17,19,20)/b18-12-. The van der Waals surface area contributed by atoms with E-state index < -0.39 is 0 Å². The van der Waals surface area contributed by atoms with Crippen LogP contribution in [0.5, 0.6) is 0 Å². The maximum absolute atomic E-state index is 11.3. The monoisotopic (exact) mass is 334 g/mol. The number of aryl methyl sites for hydroxylation is 1. The smallest absolute Gasteiger partial charge is 0.252 e. The van der Waals surface area contributed by atoms with Gasteiger partial charge in [0.25, 0.3) is 5.56 Å². The van der Waals surface area contributed by atoms with E-state index in [1.54, 1.807) is 6.92 Å². The van der Waals surface area contributed by atoms with Gasteiger partial charge in [0.1, 0.15) is 0 Å². The van der Waals surface area contributed by atoms with Crippen molar-refractivity contribution in [1.29, 1.82) is 0 Å². The van der Waals surface area contributed by atoms with E-state index in [2.05, 4.69) is 36.4 Å². The van der Waals surface area contributed by atoms with Crippen molar-refractivity contribution in [3.8, 4) is 0 Å². The molecule has 104 valence electrons. The molecule has 0 saturated heterocycles. The number of rotatable bonds is 4. The van der Waals surface area contributed by atoms with Crippen LogP contribution in [0.25, 0.3) is 0 Å². The Morgan fingerprint density at radius 1 is 1.45 bits per heavy atom. The van der Waals surface area contributed by atoms with Gasteiger partial charge in [0.15, 0.2) is 0 Å². The topological polar surface area (TPSA) is 70.1 Å². The third-order valence-electron chi connectivity index (χ3n) is 2.66. The molecule has 0 spiro atoms. The first-order valence-corrected chi connectivity index (χ1v) is 7.04. The molecule has 2 rings (SSSR count). The van der Waals surface area contributed by atoms with Gasteiger partial charge in [0.05, 0.1) is 5.71 Å². The Morgan fingerprint density at radius 3 is 2.90 bits per heavy atom. The first kappa shape index (κ1) is 14.5. The molecule has 2 N–H and O–H groups in total. The fourth-order valence-electron chi connectivity index (χ4n) is 1.77. The molecule has 1 heterocycles. The highest BCUT2D eigenvalue weighted by atomic mass is 79.9. The fraction of sp³-hybridized carbons (Fsp3) is 0.214. The summed E-state index contributed by atoms with van der Waals surface area (Å²) in [5.41, 5.74) is 5.15. The number of H-pyrrole nitrogens is 1. The number of hydrogen-bond acceptors (Lipinski definition) is 4. The minimum absolute atomic E-state index is 0.198. The molecule has 0 fully saturated rings. The molecule has 1 aromatic carbocycles. The minimum atomic E-state index is -0.198. The molecule has 0 radical (unpaired) electrons. The number of aromatic amines is 1. The van der Waals surface area contributed by atoms with Crippen molar-refractivity contribution >= 4 is 27.6 Å². The summed E-state index contributed by atoms with van der Waals surface area (Å²) in [6, 6.07) is 9.34. The summed E-state index contributed by atoms with van der Waals surface area (Å²) in [7, 11) is 0.